The van der Waals surface area contributed by atoms with Crippen LogP contribution in [0.15, 0.2) is 18.3 Å². The molecule has 0 unspecified atom stereocenters. The normalized spacial score (nSPS) is 16.2. The van der Waals surface area contributed by atoms with Crippen molar-refractivity contribution in [2.45, 2.75) is 25.7 Å². The summed E-state index contributed by atoms with van der Waals surface area (Å²) in [6.45, 7) is 1.04. The molecular formula is C12H15N3. The van der Waals surface area contributed by atoms with Crippen molar-refractivity contribution in [1.82, 2.24) is 4.98 Å². The molecule has 0 amide bonds. The van der Waals surface area contributed by atoms with E-state index in [9.17, 15) is 0 Å². The molecule has 1 N–H and O–H groups in total. The van der Waals surface area contributed by atoms with Gasteiger partial charge in [0.1, 0.15) is 11.8 Å². The lowest BCUT2D eigenvalue weighted by molar-refractivity contribution is 0.580. The van der Waals surface area contributed by atoms with E-state index in [2.05, 4.69) is 10.3 Å². The summed E-state index contributed by atoms with van der Waals surface area (Å²) in [6.07, 6.45) is 7.16. The predicted molar refractivity (Wildman–Crippen MR) is 59.4 cm³/mol. The van der Waals surface area contributed by atoms with Crippen LogP contribution in [0, 0.1) is 17.2 Å². The van der Waals surface area contributed by atoms with Gasteiger partial charge in [-0.25, -0.2) is 4.98 Å². The largest absolute Gasteiger partial charge is 0.384 e. The van der Waals surface area contributed by atoms with Crippen LogP contribution >= 0.6 is 0 Å². The summed E-state index contributed by atoms with van der Waals surface area (Å²) in [5, 5.41) is 12.0. The average Bonchev–Trinajstić information content (AvgIpc) is 2.80. The van der Waals surface area contributed by atoms with Gasteiger partial charge in [-0.3, -0.25) is 0 Å². The molecule has 78 valence electrons. The summed E-state index contributed by atoms with van der Waals surface area (Å²) < 4.78 is 0. The maximum atomic E-state index is 8.60. The standard InChI is InChI=1S/C12H15N3/c13-7-11-5-6-12(9-15-11)14-8-10-3-1-2-4-10/h5-6,9-10,14H,1-4,8H2. The van der Waals surface area contributed by atoms with Crippen molar-refractivity contribution in [3.05, 3.63) is 24.0 Å². The minimum atomic E-state index is 0.474. The van der Waals surface area contributed by atoms with Crippen molar-refractivity contribution in [2.75, 3.05) is 11.9 Å². The molecule has 0 radical (unpaired) electrons. The van der Waals surface area contributed by atoms with Crippen LogP contribution in [0.2, 0.25) is 0 Å². The highest BCUT2D eigenvalue weighted by molar-refractivity contribution is 5.42. The Morgan fingerprint density at radius 1 is 1.40 bits per heavy atom. The van der Waals surface area contributed by atoms with Crippen LogP contribution in [0.3, 0.4) is 0 Å². The van der Waals surface area contributed by atoms with Crippen molar-refractivity contribution in [3.63, 3.8) is 0 Å². The van der Waals surface area contributed by atoms with Gasteiger partial charge in [0.25, 0.3) is 0 Å². The van der Waals surface area contributed by atoms with Crippen molar-refractivity contribution in [3.8, 4) is 6.07 Å². The molecule has 1 heterocycles. The number of nitriles is 1. The van der Waals surface area contributed by atoms with Crippen LogP contribution in [0.25, 0.3) is 0 Å². The third kappa shape index (κ3) is 2.69. The number of hydrogen-bond acceptors (Lipinski definition) is 3. The number of anilines is 1. The van der Waals surface area contributed by atoms with E-state index in [1.807, 2.05) is 12.1 Å². The molecule has 0 bridgehead atoms. The summed E-state index contributed by atoms with van der Waals surface area (Å²) in [5.74, 6) is 0.820. The summed E-state index contributed by atoms with van der Waals surface area (Å²) in [5.41, 5.74) is 1.49. The van der Waals surface area contributed by atoms with E-state index in [1.54, 1.807) is 12.3 Å². The monoisotopic (exact) mass is 201 g/mol. The molecular weight excluding hydrogens is 186 g/mol. The molecule has 1 aromatic rings. The molecule has 3 heteroatoms. The second kappa shape index (κ2) is 4.79. The quantitative estimate of drug-likeness (QED) is 0.817. The molecule has 0 atom stereocenters. The maximum Gasteiger partial charge on any atom is 0.140 e. The Hall–Kier alpha value is -1.56. The Morgan fingerprint density at radius 3 is 2.80 bits per heavy atom. The first-order valence-corrected chi connectivity index (χ1v) is 5.48. The van der Waals surface area contributed by atoms with E-state index in [0.717, 1.165) is 18.2 Å². The first kappa shape index (κ1) is 9.97. The van der Waals surface area contributed by atoms with Crippen LogP contribution in [0.5, 0.6) is 0 Å². The third-order valence-corrected chi connectivity index (χ3v) is 2.95. The highest BCUT2D eigenvalue weighted by Crippen LogP contribution is 2.24. The Bertz CT molecular complexity index is 344. The lowest BCUT2D eigenvalue weighted by Gasteiger charge is -2.11. The van der Waals surface area contributed by atoms with Gasteiger partial charge in [-0.15, -0.1) is 0 Å². The van der Waals surface area contributed by atoms with Gasteiger partial charge in [0.15, 0.2) is 0 Å². The molecule has 1 saturated carbocycles. The topological polar surface area (TPSA) is 48.7 Å². The van der Waals surface area contributed by atoms with Gasteiger partial charge in [-0.1, -0.05) is 12.8 Å². The first-order chi connectivity index (χ1) is 7.38. The van der Waals surface area contributed by atoms with Crippen molar-refractivity contribution >= 4 is 5.69 Å². The molecule has 1 aromatic heterocycles. The molecule has 0 aliphatic heterocycles. The van der Waals surface area contributed by atoms with E-state index < -0.39 is 0 Å². The highest BCUT2D eigenvalue weighted by Gasteiger charge is 2.14. The van der Waals surface area contributed by atoms with Crippen LogP contribution < -0.4 is 5.32 Å². The Kier molecular flexibility index (Phi) is 3.18. The Labute approximate surface area is 90.1 Å². The highest BCUT2D eigenvalue weighted by atomic mass is 14.9. The number of nitrogens with zero attached hydrogens (tertiary/aromatic N) is 2. The van der Waals surface area contributed by atoms with Crippen LogP contribution in [-0.2, 0) is 0 Å². The van der Waals surface area contributed by atoms with Crippen molar-refractivity contribution in [2.24, 2.45) is 5.92 Å². The minimum absolute atomic E-state index is 0.474. The number of hydrogen-bond donors (Lipinski definition) is 1. The van der Waals surface area contributed by atoms with Crippen LogP contribution in [0.4, 0.5) is 5.69 Å². The molecule has 1 aliphatic carbocycles. The zero-order chi connectivity index (χ0) is 10.5. The number of nitrogens with one attached hydrogen (secondary N) is 1. The summed E-state index contributed by atoms with van der Waals surface area (Å²) in [4.78, 5) is 4.02. The lowest BCUT2D eigenvalue weighted by Crippen LogP contribution is -2.10. The third-order valence-electron chi connectivity index (χ3n) is 2.95. The van der Waals surface area contributed by atoms with Gasteiger partial charge in [-0.2, -0.15) is 5.26 Å². The molecule has 3 nitrogen and oxygen atoms in total. The van der Waals surface area contributed by atoms with Crippen molar-refractivity contribution < 1.29 is 0 Å². The summed E-state index contributed by atoms with van der Waals surface area (Å²) in [6, 6.07) is 5.68. The Balaban J connectivity index is 1.85. The molecule has 1 fully saturated rings. The van der Waals surface area contributed by atoms with E-state index in [0.29, 0.717) is 5.69 Å². The predicted octanol–water partition coefficient (Wildman–Crippen LogP) is 2.56. The van der Waals surface area contributed by atoms with E-state index in [1.165, 1.54) is 25.7 Å². The lowest BCUT2D eigenvalue weighted by atomic mass is 10.1. The molecule has 1 aliphatic rings. The fourth-order valence-electron chi connectivity index (χ4n) is 2.04. The molecule has 2 rings (SSSR count). The zero-order valence-corrected chi connectivity index (χ0v) is 8.74. The fourth-order valence-corrected chi connectivity index (χ4v) is 2.04. The molecule has 15 heavy (non-hydrogen) atoms. The van der Waals surface area contributed by atoms with E-state index >= 15 is 0 Å². The molecule has 0 aromatic carbocycles. The van der Waals surface area contributed by atoms with Gasteiger partial charge >= 0.3 is 0 Å². The van der Waals surface area contributed by atoms with Gasteiger partial charge in [0.2, 0.25) is 0 Å². The van der Waals surface area contributed by atoms with Gasteiger partial charge in [-0.05, 0) is 30.9 Å². The average molecular weight is 201 g/mol. The second-order valence-corrected chi connectivity index (χ2v) is 4.08. The molecule has 0 spiro atoms. The number of rotatable bonds is 3. The second-order valence-electron chi connectivity index (χ2n) is 4.08. The van der Waals surface area contributed by atoms with Crippen molar-refractivity contribution in [1.29, 1.82) is 5.26 Å². The fraction of sp³-hybridized carbons (Fsp3) is 0.500. The van der Waals surface area contributed by atoms with E-state index in [4.69, 9.17) is 5.26 Å². The summed E-state index contributed by atoms with van der Waals surface area (Å²) >= 11 is 0. The van der Waals surface area contributed by atoms with Gasteiger partial charge < -0.3 is 5.32 Å². The smallest absolute Gasteiger partial charge is 0.140 e. The number of aromatic nitrogens is 1. The summed E-state index contributed by atoms with van der Waals surface area (Å²) in [7, 11) is 0. The number of pyridine rings is 1. The first-order valence-electron chi connectivity index (χ1n) is 5.48. The SMILES string of the molecule is N#Cc1ccc(NCC2CCCC2)cn1. The molecule has 0 saturated heterocycles. The maximum absolute atomic E-state index is 8.60. The Morgan fingerprint density at radius 2 is 2.20 bits per heavy atom. The van der Waals surface area contributed by atoms with Crippen LogP contribution in [0.1, 0.15) is 31.4 Å². The zero-order valence-electron chi connectivity index (χ0n) is 8.74. The van der Waals surface area contributed by atoms with Gasteiger partial charge in [0, 0.05) is 6.54 Å². The van der Waals surface area contributed by atoms with Gasteiger partial charge in [0.05, 0.1) is 11.9 Å². The minimum Gasteiger partial charge on any atom is -0.384 e. The van der Waals surface area contributed by atoms with Crippen LogP contribution in [-0.4, -0.2) is 11.5 Å². The van der Waals surface area contributed by atoms with E-state index in [-0.39, 0.29) is 0 Å².